The highest BCUT2D eigenvalue weighted by Crippen LogP contribution is 2.29. The molecule has 0 bridgehead atoms. The van der Waals surface area contributed by atoms with E-state index in [0.717, 1.165) is 22.7 Å². The van der Waals surface area contributed by atoms with Crippen LogP contribution in [-0.4, -0.2) is 34.8 Å². The van der Waals surface area contributed by atoms with Gasteiger partial charge in [-0.15, -0.1) is 0 Å². The molecule has 1 aliphatic rings. The number of hydrogen-bond acceptors (Lipinski definition) is 5. The zero-order valence-corrected chi connectivity index (χ0v) is 18.3. The van der Waals surface area contributed by atoms with Crippen LogP contribution in [0.1, 0.15) is 43.7 Å². The van der Waals surface area contributed by atoms with Crippen LogP contribution < -0.4 is 10.1 Å². The Bertz CT molecular complexity index is 851. The van der Waals surface area contributed by atoms with Crippen molar-refractivity contribution in [3.05, 3.63) is 39.9 Å². The number of nitrogens with one attached hydrogen (secondary N) is 1. The summed E-state index contributed by atoms with van der Waals surface area (Å²) in [6.07, 6.45) is 2.27. The summed E-state index contributed by atoms with van der Waals surface area (Å²) in [5.41, 5.74) is 0.991. The van der Waals surface area contributed by atoms with Gasteiger partial charge >= 0.3 is 0 Å². The van der Waals surface area contributed by atoms with Crippen molar-refractivity contribution in [3.8, 4) is 5.75 Å². The van der Waals surface area contributed by atoms with E-state index < -0.39 is 0 Å². The van der Waals surface area contributed by atoms with Crippen molar-refractivity contribution in [2.45, 2.75) is 46.1 Å². The first-order valence-electron chi connectivity index (χ1n) is 9.85. The van der Waals surface area contributed by atoms with Crippen molar-refractivity contribution in [2.75, 3.05) is 18.5 Å². The van der Waals surface area contributed by atoms with Crippen LogP contribution in [0.2, 0.25) is 5.02 Å². The Balaban J connectivity index is 1.43. The molecule has 1 aromatic carbocycles. The second-order valence-electron chi connectivity index (χ2n) is 7.51. The summed E-state index contributed by atoms with van der Waals surface area (Å²) in [6.45, 7) is 5.83. The zero-order valence-electron chi connectivity index (χ0n) is 16.7. The van der Waals surface area contributed by atoms with Crippen LogP contribution in [0.3, 0.4) is 0 Å². The van der Waals surface area contributed by atoms with Gasteiger partial charge in [0.15, 0.2) is 5.13 Å². The van der Waals surface area contributed by atoms with Crippen LogP contribution in [0.25, 0.3) is 0 Å². The second kappa shape index (κ2) is 10.1. The van der Waals surface area contributed by atoms with Gasteiger partial charge in [0.2, 0.25) is 11.8 Å². The number of rotatable bonds is 8. The predicted molar refractivity (Wildman–Crippen MR) is 116 cm³/mol. The molecule has 1 aromatic heterocycles. The number of anilines is 1. The number of carbonyl (C=O) groups excluding carboxylic acids is 2. The Labute approximate surface area is 180 Å². The van der Waals surface area contributed by atoms with E-state index in [9.17, 15) is 9.59 Å². The average molecular weight is 436 g/mol. The Morgan fingerprint density at radius 2 is 2.07 bits per heavy atom. The van der Waals surface area contributed by atoms with E-state index in [1.165, 1.54) is 11.3 Å². The second-order valence-corrected chi connectivity index (χ2v) is 9.03. The van der Waals surface area contributed by atoms with E-state index in [4.69, 9.17) is 16.3 Å². The van der Waals surface area contributed by atoms with Crippen LogP contribution in [0.4, 0.5) is 5.13 Å². The van der Waals surface area contributed by atoms with Crippen molar-refractivity contribution in [3.63, 3.8) is 0 Å². The lowest BCUT2D eigenvalue weighted by molar-refractivity contribution is -0.132. The van der Waals surface area contributed by atoms with Crippen LogP contribution in [0, 0.1) is 5.92 Å². The van der Waals surface area contributed by atoms with Crippen LogP contribution in [0.15, 0.2) is 24.3 Å². The molecule has 3 rings (SSSR count). The van der Waals surface area contributed by atoms with Crippen LogP contribution in [0.5, 0.6) is 5.75 Å². The van der Waals surface area contributed by atoms with Crippen molar-refractivity contribution in [1.82, 2.24) is 9.88 Å². The van der Waals surface area contributed by atoms with Crippen molar-refractivity contribution in [2.24, 2.45) is 5.92 Å². The minimum Gasteiger partial charge on any atom is -0.494 e. The van der Waals surface area contributed by atoms with Gasteiger partial charge in [0.05, 0.1) is 18.8 Å². The van der Waals surface area contributed by atoms with Gasteiger partial charge < -0.3 is 15.0 Å². The fraction of sp³-hybridized carbons (Fsp3) is 0.476. The largest absolute Gasteiger partial charge is 0.494 e. The SMILES string of the molecule is CC(C)CC(=O)N1CCc2nc(NC(=O)CCCOc3ccc(Cl)cc3)sc2C1. The summed E-state index contributed by atoms with van der Waals surface area (Å²) < 4.78 is 5.60. The number of aromatic nitrogens is 1. The third-order valence-corrected chi connectivity index (χ3v) is 5.79. The first-order valence-corrected chi connectivity index (χ1v) is 11.0. The molecule has 156 valence electrons. The maximum absolute atomic E-state index is 12.3. The maximum atomic E-state index is 12.3. The molecule has 29 heavy (non-hydrogen) atoms. The third-order valence-electron chi connectivity index (χ3n) is 4.54. The number of thiazole rings is 1. The summed E-state index contributed by atoms with van der Waals surface area (Å²) in [7, 11) is 0. The number of fused-ring (bicyclic) bond motifs is 1. The molecule has 2 amide bonds. The van der Waals surface area contributed by atoms with Crippen molar-refractivity contribution in [1.29, 1.82) is 0 Å². The lowest BCUT2D eigenvalue weighted by Gasteiger charge is -2.26. The molecule has 1 N–H and O–H groups in total. The van der Waals surface area contributed by atoms with Gasteiger partial charge in [0.25, 0.3) is 0 Å². The molecule has 6 nitrogen and oxygen atoms in total. The van der Waals surface area contributed by atoms with Gasteiger partial charge in [-0.25, -0.2) is 4.98 Å². The first-order chi connectivity index (χ1) is 13.9. The van der Waals surface area contributed by atoms with E-state index in [-0.39, 0.29) is 11.8 Å². The molecule has 0 saturated carbocycles. The quantitative estimate of drug-likeness (QED) is 0.618. The van der Waals surface area contributed by atoms with E-state index in [1.54, 1.807) is 24.3 Å². The van der Waals surface area contributed by atoms with Crippen LogP contribution in [-0.2, 0) is 22.6 Å². The number of benzene rings is 1. The van der Waals surface area contributed by atoms with Crippen LogP contribution >= 0.6 is 22.9 Å². The fourth-order valence-electron chi connectivity index (χ4n) is 3.08. The molecule has 0 radical (unpaired) electrons. The molecule has 0 fully saturated rings. The monoisotopic (exact) mass is 435 g/mol. The smallest absolute Gasteiger partial charge is 0.226 e. The standard InChI is InChI=1S/C21H26ClN3O3S/c1-14(2)12-20(27)25-10-9-17-18(13-25)29-21(23-17)24-19(26)4-3-11-28-16-7-5-15(22)6-8-16/h5-8,14H,3-4,9-13H2,1-2H3,(H,23,24,26). The summed E-state index contributed by atoms with van der Waals surface area (Å²) >= 11 is 7.30. The Kier molecular flexibility index (Phi) is 7.50. The van der Waals surface area contributed by atoms with E-state index in [0.29, 0.717) is 55.0 Å². The minimum absolute atomic E-state index is 0.0801. The molecule has 8 heteroatoms. The summed E-state index contributed by atoms with van der Waals surface area (Å²) in [5.74, 6) is 1.19. The van der Waals surface area contributed by atoms with E-state index in [1.807, 2.05) is 18.7 Å². The number of amides is 2. The van der Waals surface area contributed by atoms with E-state index >= 15 is 0 Å². The van der Waals surface area contributed by atoms with Gasteiger partial charge in [-0.05, 0) is 36.6 Å². The highest BCUT2D eigenvalue weighted by atomic mass is 35.5. The minimum atomic E-state index is -0.0801. The number of carbonyl (C=O) groups is 2. The summed E-state index contributed by atoms with van der Waals surface area (Å²) in [4.78, 5) is 32.0. The fourth-order valence-corrected chi connectivity index (χ4v) is 4.24. The van der Waals surface area contributed by atoms with E-state index in [2.05, 4.69) is 10.3 Å². The molecule has 0 spiro atoms. The Morgan fingerprint density at radius 3 is 2.79 bits per heavy atom. The predicted octanol–water partition coefficient (Wildman–Crippen LogP) is 4.53. The third kappa shape index (κ3) is 6.44. The highest BCUT2D eigenvalue weighted by molar-refractivity contribution is 7.15. The number of ether oxygens (including phenoxy) is 1. The first kappa shape index (κ1) is 21.6. The van der Waals surface area contributed by atoms with Crippen molar-refractivity contribution >= 4 is 39.9 Å². The van der Waals surface area contributed by atoms with Gasteiger partial charge in [0, 0.05) is 35.7 Å². The number of halogens is 1. The molecule has 2 aromatic rings. The van der Waals surface area contributed by atoms with Gasteiger partial charge in [-0.3, -0.25) is 9.59 Å². The van der Waals surface area contributed by atoms with Gasteiger partial charge in [0.1, 0.15) is 5.75 Å². The molecule has 0 saturated heterocycles. The Hall–Kier alpha value is -2.12. The normalized spacial score (nSPS) is 13.3. The molecule has 2 heterocycles. The molecule has 0 aliphatic carbocycles. The van der Waals surface area contributed by atoms with Gasteiger partial charge in [-0.2, -0.15) is 0 Å². The Morgan fingerprint density at radius 1 is 1.31 bits per heavy atom. The summed E-state index contributed by atoms with van der Waals surface area (Å²) in [5, 5.41) is 4.14. The topological polar surface area (TPSA) is 71.5 Å². The zero-order chi connectivity index (χ0) is 20.8. The molecule has 0 unspecified atom stereocenters. The van der Waals surface area contributed by atoms with Gasteiger partial charge in [-0.1, -0.05) is 36.8 Å². The molecular weight excluding hydrogens is 410 g/mol. The summed E-state index contributed by atoms with van der Waals surface area (Å²) in [6, 6.07) is 7.14. The maximum Gasteiger partial charge on any atom is 0.226 e. The lowest BCUT2D eigenvalue weighted by Crippen LogP contribution is -2.36. The number of hydrogen-bond donors (Lipinski definition) is 1. The van der Waals surface area contributed by atoms with Crippen molar-refractivity contribution < 1.29 is 14.3 Å². The molecule has 0 atom stereocenters. The molecule has 1 aliphatic heterocycles. The lowest BCUT2D eigenvalue weighted by atomic mass is 10.1. The number of nitrogens with zero attached hydrogens (tertiary/aromatic N) is 2. The highest BCUT2D eigenvalue weighted by Gasteiger charge is 2.24. The average Bonchev–Trinajstić information content (AvgIpc) is 3.07. The molecular formula is C21H26ClN3O3S.